The van der Waals surface area contributed by atoms with Gasteiger partial charge in [0.1, 0.15) is 5.75 Å². The molecule has 0 saturated carbocycles. The van der Waals surface area contributed by atoms with E-state index in [1.807, 2.05) is 6.08 Å². The van der Waals surface area contributed by atoms with Crippen molar-refractivity contribution >= 4 is 34.7 Å². The largest absolute Gasteiger partial charge is 0.482 e. The number of benzene rings is 1. The quantitative estimate of drug-likeness (QED) is 0.421. The number of hydrogen-bond donors (Lipinski definition) is 3. The van der Waals surface area contributed by atoms with E-state index in [2.05, 4.69) is 17.2 Å². The third kappa shape index (κ3) is 3.57. The Bertz CT molecular complexity index is 491. The second kappa shape index (κ2) is 6.38. The minimum absolute atomic E-state index is 0.0391. The summed E-state index contributed by atoms with van der Waals surface area (Å²) in [5, 5.41) is 6.01. The van der Waals surface area contributed by atoms with Crippen molar-refractivity contribution in [3.05, 3.63) is 24.8 Å². The summed E-state index contributed by atoms with van der Waals surface area (Å²) >= 11 is 1.79. The van der Waals surface area contributed by atoms with Crippen LogP contribution in [0.1, 0.15) is 0 Å². The van der Waals surface area contributed by atoms with Gasteiger partial charge in [-0.3, -0.25) is 4.79 Å². The Morgan fingerprint density at radius 1 is 1.58 bits per heavy atom. The molecule has 19 heavy (non-hydrogen) atoms. The zero-order valence-corrected chi connectivity index (χ0v) is 11.4. The molecule has 1 aliphatic rings. The zero-order chi connectivity index (χ0) is 13.7. The van der Waals surface area contributed by atoms with Gasteiger partial charge in [-0.25, -0.2) is 0 Å². The molecule has 1 aromatic rings. The first-order valence-corrected chi connectivity index (χ1v) is 7.15. The van der Waals surface area contributed by atoms with E-state index >= 15 is 0 Å². The number of anilines is 3. The maximum atomic E-state index is 11.3. The first-order valence-electron chi connectivity index (χ1n) is 5.99. The molecule has 1 aromatic carbocycles. The highest BCUT2D eigenvalue weighted by Gasteiger charge is 2.17. The topological polar surface area (TPSA) is 76.4 Å². The molecule has 6 heteroatoms. The summed E-state index contributed by atoms with van der Waals surface area (Å²) in [4.78, 5) is 11.3. The van der Waals surface area contributed by atoms with E-state index < -0.39 is 0 Å². The number of nitrogens with one attached hydrogen (secondary N) is 2. The standard InChI is InChI=1S/C13H17N3O2S/c1-2-4-19-5-3-15-10-7-11-12(6-9(10)14)18-8-13(17)16-11/h2,6-7,15H,1,3-5,8,14H2,(H,16,17). The van der Waals surface area contributed by atoms with Crippen LogP contribution in [0, 0.1) is 0 Å². The van der Waals surface area contributed by atoms with Gasteiger partial charge in [0, 0.05) is 24.1 Å². The Morgan fingerprint density at radius 2 is 2.42 bits per heavy atom. The summed E-state index contributed by atoms with van der Waals surface area (Å²) in [7, 11) is 0. The number of thioether (sulfide) groups is 1. The van der Waals surface area contributed by atoms with Gasteiger partial charge in [-0.2, -0.15) is 11.8 Å². The number of hydrogen-bond acceptors (Lipinski definition) is 5. The van der Waals surface area contributed by atoms with Gasteiger partial charge >= 0.3 is 0 Å². The molecule has 0 radical (unpaired) electrons. The number of nitrogen functional groups attached to an aromatic ring is 1. The predicted octanol–water partition coefficient (Wildman–Crippen LogP) is 1.93. The second-order valence-corrected chi connectivity index (χ2v) is 5.21. The van der Waals surface area contributed by atoms with Crippen molar-refractivity contribution in [2.75, 3.05) is 41.0 Å². The van der Waals surface area contributed by atoms with Crippen molar-refractivity contribution in [1.82, 2.24) is 0 Å². The van der Waals surface area contributed by atoms with E-state index in [4.69, 9.17) is 10.5 Å². The summed E-state index contributed by atoms with van der Waals surface area (Å²) in [6.45, 7) is 4.51. The normalized spacial score (nSPS) is 13.2. The van der Waals surface area contributed by atoms with Crippen LogP contribution in [0.5, 0.6) is 5.75 Å². The van der Waals surface area contributed by atoms with Crippen molar-refractivity contribution < 1.29 is 9.53 Å². The average molecular weight is 279 g/mol. The molecule has 4 N–H and O–H groups in total. The van der Waals surface area contributed by atoms with Crippen LogP contribution in [-0.2, 0) is 4.79 Å². The van der Waals surface area contributed by atoms with Crippen LogP contribution in [0.4, 0.5) is 17.1 Å². The van der Waals surface area contributed by atoms with Crippen LogP contribution in [-0.4, -0.2) is 30.6 Å². The third-order valence-corrected chi connectivity index (χ3v) is 3.55. The van der Waals surface area contributed by atoms with E-state index in [-0.39, 0.29) is 12.5 Å². The minimum Gasteiger partial charge on any atom is -0.482 e. The number of fused-ring (bicyclic) bond motifs is 1. The molecular formula is C13H17N3O2S. The lowest BCUT2D eigenvalue weighted by Gasteiger charge is -2.20. The Hall–Kier alpha value is -1.82. The molecule has 2 rings (SSSR count). The first kappa shape index (κ1) is 13.6. The molecule has 1 amide bonds. The van der Waals surface area contributed by atoms with Crippen molar-refractivity contribution in [3.63, 3.8) is 0 Å². The van der Waals surface area contributed by atoms with Crippen molar-refractivity contribution in [2.45, 2.75) is 0 Å². The first-order chi connectivity index (χ1) is 9.20. The van der Waals surface area contributed by atoms with Gasteiger partial charge in [-0.15, -0.1) is 6.58 Å². The maximum Gasteiger partial charge on any atom is 0.262 e. The van der Waals surface area contributed by atoms with E-state index in [1.165, 1.54) is 0 Å². The molecular weight excluding hydrogens is 262 g/mol. The lowest BCUT2D eigenvalue weighted by Crippen LogP contribution is -2.25. The van der Waals surface area contributed by atoms with Gasteiger partial charge in [-0.1, -0.05) is 6.08 Å². The molecule has 0 unspecified atom stereocenters. The van der Waals surface area contributed by atoms with Gasteiger partial charge in [0.25, 0.3) is 5.91 Å². The van der Waals surface area contributed by atoms with Crippen LogP contribution < -0.4 is 21.1 Å². The number of ether oxygens (including phenoxy) is 1. The third-order valence-electron chi connectivity index (χ3n) is 2.58. The van der Waals surface area contributed by atoms with Gasteiger partial charge in [0.05, 0.1) is 17.1 Å². The Kier molecular flexibility index (Phi) is 4.57. The maximum absolute atomic E-state index is 11.3. The SMILES string of the molecule is C=CCSCCNc1cc2c(cc1N)OCC(=O)N2. The number of amides is 1. The smallest absolute Gasteiger partial charge is 0.262 e. The molecule has 0 saturated heterocycles. The number of rotatable bonds is 6. The Labute approximate surface area is 116 Å². The van der Waals surface area contributed by atoms with E-state index in [1.54, 1.807) is 23.9 Å². The van der Waals surface area contributed by atoms with Crippen LogP contribution in [0.25, 0.3) is 0 Å². The lowest BCUT2D eigenvalue weighted by molar-refractivity contribution is -0.118. The molecule has 0 bridgehead atoms. The minimum atomic E-state index is -0.148. The van der Waals surface area contributed by atoms with Gasteiger partial charge < -0.3 is 21.1 Å². The summed E-state index contributed by atoms with van der Waals surface area (Å²) < 4.78 is 5.29. The van der Waals surface area contributed by atoms with Crippen molar-refractivity contribution in [2.24, 2.45) is 0 Å². The van der Waals surface area contributed by atoms with Crippen molar-refractivity contribution in [3.8, 4) is 5.75 Å². The monoisotopic (exact) mass is 279 g/mol. The molecule has 0 spiro atoms. The molecule has 1 aliphatic heterocycles. The molecule has 1 heterocycles. The highest BCUT2D eigenvalue weighted by molar-refractivity contribution is 7.99. The fraction of sp³-hybridized carbons (Fsp3) is 0.308. The molecule has 0 fully saturated rings. The van der Waals surface area contributed by atoms with Crippen LogP contribution in [0.15, 0.2) is 24.8 Å². The van der Waals surface area contributed by atoms with E-state index in [0.717, 1.165) is 23.7 Å². The second-order valence-electron chi connectivity index (χ2n) is 4.06. The molecule has 0 aliphatic carbocycles. The number of nitrogens with two attached hydrogens (primary N) is 1. The van der Waals surface area contributed by atoms with E-state index in [9.17, 15) is 4.79 Å². The molecule has 5 nitrogen and oxygen atoms in total. The van der Waals surface area contributed by atoms with Crippen LogP contribution >= 0.6 is 11.8 Å². The summed E-state index contributed by atoms with van der Waals surface area (Å²) in [5.74, 6) is 2.37. The Morgan fingerprint density at radius 3 is 3.21 bits per heavy atom. The highest BCUT2D eigenvalue weighted by Crippen LogP contribution is 2.35. The number of carbonyl (C=O) groups excluding carboxylic acids is 1. The van der Waals surface area contributed by atoms with Gasteiger partial charge in [0.2, 0.25) is 0 Å². The fourth-order valence-corrected chi connectivity index (χ4v) is 2.30. The van der Waals surface area contributed by atoms with Gasteiger partial charge in [0.15, 0.2) is 6.61 Å². The van der Waals surface area contributed by atoms with E-state index in [0.29, 0.717) is 17.1 Å². The van der Waals surface area contributed by atoms with Gasteiger partial charge in [-0.05, 0) is 6.07 Å². The van der Waals surface area contributed by atoms with Crippen LogP contribution in [0.3, 0.4) is 0 Å². The van der Waals surface area contributed by atoms with Crippen LogP contribution in [0.2, 0.25) is 0 Å². The fourth-order valence-electron chi connectivity index (χ4n) is 1.72. The molecule has 102 valence electrons. The summed E-state index contributed by atoms with van der Waals surface area (Å²) in [6.07, 6.45) is 1.88. The summed E-state index contributed by atoms with van der Waals surface area (Å²) in [5.41, 5.74) is 8.02. The van der Waals surface area contributed by atoms with Crippen molar-refractivity contribution in [1.29, 1.82) is 0 Å². The predicted molar refractivity (Wildman–Crippen MR) is 81.0 cm³/mol. The summed E-state index contributed by atoms with van der Waals surface area (Å²) in [6, 6.07) is 3.54. The molecule has 0 atom stereocenters. The number of carbonyl (C=O) groups is 1. The zero-order valence-electron chi connectivity index (χ0n) is 10.6. The molecule has 0 aromatic heterocycles. The highest BCUT2D eigenvalue weighted by atomic mass is 32.2. The Balaban J connectivity index is 1.98. The average Bonchev–Trinajstić information content (AvgIpc) is 2.39. The lowest BCUT2D eigenvalue weighted by atomic mass is 10.2.